The minimum absolute atomic E-state index is 0.0146. The molecule has 0 aromatic heterocycles. The summed E-state index contributed by atoms with van der Waals surface area (Å²) < 4.78 is 5.16. The molecule has 0 bridgehead atoms. The Morgan fingerprint density at radius 2 is 2.31 bits per heavy atom. The van der Waals surface area contributed by atoms with Gasteiger partial charge >= 0.3 is 5.97 Å². The molecule has 1 aliphatic heterocycles. The van der Waals surface area contributed by atoms with E-state index in [9.17, 15) is 14.4 Å². The SMILES string of the molecule is CC(=O)O[C@@]12C=C(Cl)C(=O)C[C@@H]1NC(=O)C2. The molecule has 0 saturated carbocycles. The summed E-state index contributed by atoms with van der Waals surface area (Å²) >= 11 is 5.74. The summed E-state index contributed by atoms with van der Waals surface area (Å²) in [5.74, 6) is -1.00. The molecule has 0 aromatic rings. The van der Waals surface area contributed by atoms with Gasteiger partial charge in [-0.3, -0.25) is 14.4 Å². The monoisotopic (exact) mass is 243 g/mol. The molecule has 1 aliphatic carbocycles. The Hall–Kier alpha value is -1.36. The maximum absolute atomic E-state index is 11.4. The summed E-state index contributed by atoms with van der Waals surface area (Å²) in [7, 11) is 0. The first kappa shape index (κ1) is 11.1. The zero-order valence-corrected chi connectivity index (χ0v) is 9.34. The standard InChI is InChI=1S/C10H10ClNO4/c1-5(13)16-10-3-6(11)7(14)2-8(10)12-9(15)4-10/h3,8H,2,4H2,1H3,(H,12,15)/t8-,10+/m0/s1. The lowest BCUT2D eigenvalue weighted by molar-refractivity contribution is -0.154. The Balaban J connectivity index is 2.39. The van der Waals surface area contributed by atoms with E-state index in [-0.39, 0.29) is 29.6 Å². The van der Waals surface area contributed by atoms with E-state index in [4.69, 9.17) is 16.3 Å². The van der Waals surface area contributed by atoms with E-state index in [2.05, 4.69) is 5.32 Å². The number of ether oxygens (including phenoxy) is 1. The summed E-state index contributed by atoms with van der Waals surface area (Å²) in [6.45, 7) is 1.26. The van der Waals surface area contributed by atoms with Gasteiger partial charge in [-0.1, -0.05) is 11.6 Å². The summed E-state index contributed by atoms with van der Waals surface area (Å²) in [6.07, 6.45) is 1.44. The van der Waals surface area contributed by atoms with Crippen LogP contribution in [-0.4, -0.2) is 29.3 Å². The number of esters is 1. The lowest BCUT2D eigenvalue weighted by Crippen LogP contribution is -2.48. The third-order valence-corrected chi connectivity index (χ3v) is 3.04. The van der Waals surface area contributed by atoms with E-state index in [0.717, 1.165) is 0 Å². The van der Waals surface area contributed by atoms with Crippen LogP contribution >= 0.6 is 11.6 Å². The molecule has 1 saturated heterocycles. The van der Waals surface area contributed by atoms with E-state index >= 15 is 0 Å². The molecule has 0 aromatic carbocycles. The van der Waals surface area contributed by atoms with E-state index in [1.165, 1.54) is 13.0 Å². The van der Waals surface area contributed by atoms with E-state index < -0.39 is 17.6 Å². The van der Waals surface area contributed by atoms with E-state index in [0.29, 0.717) is 0 Å². The Labute approximate surface area is 96.8 Å². The fourth-order valence-electron chi connectivity index (χ4n) is 2.10. The topological polar surface area (TPSA) is 72.5 Å². The summed E-state index contributed by atoms with van der Waals surface area (Å²) in [6, 6.07) is -0.501. The van der Waals surface area contributed by atoms with Gasteiger partial charge in [-0.15, -0.1) is 0 Å². The van der Waals surface area contributed by atoms with Crippen molar-refractivity contribution in [2.24, 2.45) is 0 Å². The zero-order chi connectivity index (χ0) is 11.9. The first-order chi connectivity index (χ1) is 7.43. The van der Waals surface area contributed by atoms with Crippen molar-refractivity contribution in [1.29, 1.82) is 0 Å². The number of hydrogen-bond acceptors (Lipinski definition) is 4. The van der Waals surface area contributed by atoms with Crippen LogP contribution in [-0.2, 0) is 19.1 Å². The molecule has 2 atom stereocenters. The minimum atomic E-state index is -1.09. The Bertz CT molecular complexity index is 417. The number of fused-ring (bicyclic) bond motifs is 1. The molecule has 16 heavy (non-hydrogen) atoms. The summed E-state index contributed by atoms with van der Waals surface area (Å²) in [4.78, 5) is 33.7. The molecule has 2 aliphatic rings. The van der Waals surface area contributed by atoms with Crippen LogP contribution in [0.2, 0.25) is 0 Å². The number of Topliss-reactive ketones (excluding diaryl/α,β-unsaturated/α-hetero) is 1. The molecule has 6 heteroatoms. The Morgan fingerprint density at radius 3 is 2.94 bits per heavy atom. The van der Waals surface area contributed by atoms with Gasteiger partial charge in [0.25, 0.3) is 0 Å². The first-order valence-corrected chi connectivity index (χ1v) is 5.21. The van der Waals surface area contributed by atoms with Crippen LogP contribution in [0.15, 0.2) is 11.1 Å². The number of amides is 1. The highest BCUT2D eigenvalue weighted by Gasteiger charge is 2.52. The predicted molar refractivity (Wildman–Crippen MR) is 54.6 cm³/mol. The van der Waals surface area contributed by atoms with Crippen molar-refractivity contribution in [1.82, 2.24) is 5.32 Å². The van der Waals surface area contributed by atoms with Crippen LogP contribution in [0.4, 0.5) is 0 Å². The van der Waals surface area contributed by atoms with Gasteiger partial charge in [0.2, 0.25) is 5.91 Å². The first-order valence-electron chi connectivity index (χ1n) is 4.83. The second-order valence-corrected chi connectivity index (χ2v) is 4.37. The van der Waals surface area contributed by atoms with Gasteiger partial charge in [0.15, 0.2) is 11.4 Å². The molecule has 0 spiro atoms. The molecular weight excluding hydrogens is 234 g/mol. The molecule has 5 nitrogen and oxygen atoms in total. The number of ketones is 1. The number of hydrogen-bond donors (Lipinski definition) is 1. The molecule has 1 heterocycles. The van der Waals surface area contributed by atoms with Crippen LogP contribution in [0.3, 0.4) is 0 Å². The van der Waals surface area contributed by atoms with Crippen molar-refractivity contribution in [3.63, 3.8) is 0 Å². The predicted octanol–water partition coefficient (Wildman–Crippen LogP) is 0.272. The second kappa shape index (κ2) is 3.59. The van der Waals surface area contributed by atoms with Gasteiger partial charge in [0.05, 0.1) is 17.5 Å². The van der Waals surface area contributed by atoms with Crippen molar-refractivity contribution < 1.29 is 19.1 Å². The number of allylic oxidation sites excluding steroid dienone is 1. The van der Waals surface area contributed by atoms with Gasteiger partial charge in [-0.25, -0.2) is 0 Å². The lowest BCUT2D eigenvalue weighted by atomic mass is 9.85. The number of carbonyl (C=O) groups is 3. The molecule has 0 unspecified atom stereocenters. The fourth-order valence-corrected chi connectivity index (χ4v) is 2.36. The van der Waals surface area contributed by atoms with Crippen LogP contribution in [0.25, 0.3) is 0 Å². The molecule has 1 amide bonds. The highest BCUT2D eigenvalue weighted by molar-refractivity contribution is 6.43. The van der Waals surface area contributed by atoms with Gasteiger partial charge in [0, 0.05) is 13.3 Å². The van der Waals surface area contributed by atoms with Gasteiger partial charge < -0.3 is 10.1 Å². The third-order valence-electron chi connectivity index (χ3n) is 2.72. The van der Waals surface area contributed by atoms with Crippen molar-refractivity contribution in [2.75, 3.05) is 0 Å². The fraction of sp³-hybridized carbons (Fsp3) is 0.500. The molecular formula is C10H10ClNO4. The normalized spacial score (nSPS) is 32.9. The van der Waals surface area contributed by atoms with Crippen LogP contribution in [0.5, 0.6) is 0 Å². The number of carbonyl (C=O) groups excluding carboxylic acids is 3. The van der Waals surface area contributed by atoms with Crippen molar-refractivity contribution >= 4 is 29.3 Å². The molecule has 1 fully saturated rings. The molecule has 1 N–H and O–H groups in total. The highest BCUT2D eigenvalue weighted by Crippen LogP contribution is 2.36. The Kier molecular flexibility index (Phi) is 2.50. The van der Waals surface area contributed by atoms with Crippen molar-refractivity contribution in [3.05, 3.63) is 11.1 Å². The smallest absolute Gasteiger partial charge is 0.303 e. The molecule has 86 valence electrons. The van der Waals surface area contributed by atoms with Gasteiger partial charge in [-0.2, -0.15) is 0 Å². The summed E-state index contributed by atoms with van der Waals surface area (Å²) in [5.41, 5.74) is -1.09. The van der Waals surface area contributed by atoms with Gasteiger partial charge in [-0.05, 0) is 6.08 Å². The third kappa shape index (κ3) is 1.71. The number of nitrogens with one attached hydrogen (secondary N) is 1. The zero-order valence-electron chi connectivity index (χ0n) is 8.58. The quantitative estimate of drug-likeness (QED) is 0.671. The number of halogens is 1. The Morgan fingerprint density at radius 1 is 1.62 bits per heavy atom. The minimum Gasteiger partial charge on any atom is -0.452 e. The van der Waals surface area contributed by atoms with Crippen LogP contribution in [0.1, 0.15) is 19.8 Å². The lowest BCUT2D eigenvalue weighted by Gasteiger charge is -2.33. The highest BCUT2D eigenvalue weighted by atomic mass is 35.5. The maximum atomic E-state index is 11.4. The second-order valence-electron chi connectivity index (χ2n) is 3.97. The molecule has 2 rings (SSSR count). The summed E-state index contributed by atoms with van der Waals surface area (Å²) in [5, 5.41) is 2.63. The van der Waals surface area contributed by atoms with Crippen molar-refractivity contribution in [3.8, 4) is 0 Å². The van der Waals surface area contributed by atoms with Gasteiger partial charge in [0.1, 0.15) is 0 Å². The average Bonchev–Trinajstić information content (AvgIpc) is 2.40. The largest absolute Gasteiger partial charge is 0.452 e. The maximum Gasteiger partial charge on any atom is 0.303 e. The van der Waals surface area contributed by atoms with Crippen LogP contribution in [0, 0.1) is 0 Å². The van der Waals surface area contributed by atoms with E-state index in [1.54, 1.807) is 0 Å². The average molecular weight is 244 g/mol. The van der Waals surface area contributed by atoms with E-state index in [1.807, 2.05) is 0 Å². The van der Waals surface area contributed by atoms with Crippen molar-refractivity contribution in [2.45, 2.75) is 31.4 Å². The molecule has 0 radical (unpaired) electrons. The number of rotatable bonds is 1. The van der Waals surface area contributed by atoms with Crippen LogP contribution < -0.4 is 5.32 Å².